The maximum atomic E-state index is 13.3. The number of nitrogens with zero attached hydrogens (tertiary/aromatic N) is 3. The molecule has 0 aliphatic rings. The smallest absolute Gasteiger partial charge is 0.234 e. The fraction of sp³-hybridized carbons (Fsp3) is 0.0769. The van der Waals surface area contributed by atoms with Crippen LogP contribution in [0.5, 0.6) is 5.75 Å². The summed E-state index contributed by atoms with van der Waals surface area (Å²) in [7, 11) is 1.44. The molecular formula is C13H10FN3O. The Morgan fingerprint density at radius 3 is 3.00 bits per heavy atom. The highest BCUT2D eigenvalue weighted by Crippen LogP contribution is 2.25. The van der Waals surface area contributed by atoms with E-state index in [1.165, 1.54) is 13.2 Å². The van der Waals surface area contributed by atoms with E-state index in [0.717, 1.165) is 11.3 Å². The summed E-state index contributed by atoms with van der Waals surface area (Å²) in [5.74, 6) is 0.427. The van der Waals surface area contributed by atoms with Crippen molar-refractivity contribution < 1.29 is 9.13 Å². The number of imidazole rings is 1. The molecule has 0 saturated heterocycles. The Kier molecular flexibility index (Phi) is 2.44. The minimum Gasteiger partial charge on any atom is -0.494 e. The summed E-state index contributed by atoms with van der Waals surface area (Å²) in [5.41, 5.74) is 1.52. The molecule has 4 nitrogen and oxygen atoms in total. The first-order valence-corrected chi connectivity index (χ1v) is 5.41. The van der Waals surface area contributed by atoms with E-state index < -0.39 is 0 Å². The number of hydrogen-bond donors (Lipinski definition) is 0. The van der Waals surface area contributed by atoms with Crippen molar-refractivity contribution in [3.8, 4) is 17.0 Å². The molecule has 0 amide bonds. The third kappa shape index (κ3) is 1.69. The fourth-order valence-corrected chi connectivity index (χ4v) is 1.79. The van der Waals surface area contributed by atoms with Crippen molar-refractivity contribution in [2.75, 3.05) is 7.11 Å². The lowest BCUT2D eigenvalue weighted by Gasteiger charge is -2.03. The number of aromatic nitrogens is 3. The first-order chi connectivity index (χ1) is 8.78. The zero-order valence-corrected chi connectivity index (χ0v) is 9.67. The highest BCUT2D eigenvalue weighted by atomic mass is 19.1. The average molecular weight is 243 g/mol. The number of benzene rings is 1. The zero-order valence-electron chi connectivity index (χ0n) is 9.67. The minimum absolute atomic E-state index is 0.206. The molecule has 2 aromatic heterocycles. The van der Waals surface area contributed by atoms with E-state index in [2.05, 4.69) is 9.97 Å². The van der Waals surface area contributed by atoms with Crippen LogP contribution in [0.1, 0.15) is 0 Å². The molecule has 5 heteroatoms. The number of ether oxygens (including phenoxy) is 1. The number of hydrogen-bond acceptors (Lipinski definition) is 3. The molecule has 0 bridgehead atoms. The molecule has 0 spiro atoms. The lowest BCUT2D eigenvalue weighted by molar-refractivity contribution is 0.387. The number of methoxy groups -OCH3 is 1. The predicted octanol–water partition coefficient (Wildman–Crippen LogP) is 2.54. The van der Waals surface area contributed by atoms with Crippen LogP contribution in [0.15, 0.2) is 42.9 Å². The summed E-state index contributed by atoms with van der Waals surface area (Å²) in [6, 6.07) is 6.48. The number of halogens is 1. The molecule has 0 aliphatic heterocycles. The second kappa shape index (κ2) is 4.10. The first kappa shape index (κ1) is 10.7. The van der Waals surface area contributed by atoms with Gasteiger partial charge in [0, 0.05) is 24.2 Å². The Labute approximate surface area is 103 Å². The van der Waals surface area contributed by atoms with Crippen LogP contribution < -0.4 is 4.74 Å². The van der Waals surface area contributed by atoms with Gasteiger partial charge in [0.15, 0.2) is 11.6 Å². The van der Waals surface area contributed by atoms with Gasteiger partial charge in [-0.05, 0) is 24.3 Å². The molecule has 0 fully saturated rings. The second-order valence-corrected chi connectivity index (χ2v) is 3.80. The maximum absolute atomic E-state index is 13.3. The van der Waals surface area contributed by atoms with E-state index in [4.69, 9.17) is 4.74 Å². The number of fused-ring (bicyclic) bond motifs is 1. The fourth-order valence-electron chi connectivity index (χ4n) is 1.79. The Morgan fingerprint density at radius 1 is 1.33 bits per heavy atom. The molecule has 0 N–H and O–H groups in total. The minimum atomic E-state index is -0.386. The molecule has 2 heterocycles. The molecule has 0 atom stereocenters. The molecule has 1 aromatic carbocycles. The summed E-state index contributed by atoms with van der Waals surface area (Å²) in [5, 5.41) is 0. The van der Waals surface area contributed by atoms with Gasteiger partial charge in [-0.1, -0.05) is 0 Å². The summed E-state index contributed by atoms with van der Waals surface area (Å²) < 4.78 is 20.1. The summed E-state index contributed by atoms with van der Waals surface area (Å²) >= 11 is 0. The van der Waals surface area contributed by atoms with Gasteiger partial charge in [0.2, 0.25) is 5.78 Å². The van der Waals surface area contributed by atoms with Gasteiger partial charge >= 0.3 is 0 Å². The molecule has 0 radical (unpaired) electrons. The van der Waals surface area contributed by atoms with E-state index in [0.29, 0.717) is 5.78 Å². The Morgan fingerprint density at radius 2 is 2.22 bits per heavy atom. The van der Waals surface area contributed by atoms with Gasteiger partial charge in [0.25, 0.3) is 0 Å². The summed E-state index contributed by atoms with van der Waals surface area (Å²) in [6.45, 7) is 0. The van der Waals surface area contributed by atoms with Crippen LogP contribution in [0.4, 0.5) is 4.39 Å². The van der Waals surface area contributed by atoms with Crippen LogP contribution in [0.2, 0.25) is 0 Å². The van der Waals surface area contributed by atoms with Gasteiger partial charge in [0.1, 0.15) is 0 Å². The third-order valence-electron chi connectivity index (χ3n) is 2.68. The van der Waals surface area contributed by atoms with E-state index in [1.807, 2.05) is 22.9 Å². The van der Waals surface area contributed by atoms with Crippen molar-refractivity contribution in [3.63, 3.8) is 0 Å². The van der Waals surface area contributed by atoms with Gasteiger partial charge in [-0.2, -0.15) is 0 Å². The lowest BCUT2D eigenvalue weighted by Crippen LogP contribution is -1.88. The molecule has 0 aliphatic carbocycles. The molecule has 0 saturated carbocycles. The predicted molar refractivity (Wildman–Crippen MR) is 64.9 cm³/mol. The van der Waals surface area contributed by atoms with Gasteiger partial charge in [0.05, 0.1) is 12.8 Å². The van der Waals surface area contributed by atoms with Crippen LogP contribution in [-0.4, -0.2) is 21.5 Å². The highest BCUT2D eigenvalue weighted by Gasteiger charge is 2.08. The highest BCUT2D eigenvalue weighted by molar-refractivity contribution is 5.63. The van der Waals surface area contributed by atoms with Crippen LogP contribution in [0.25, 0.3) is 17.0 Å². The van der Waals surface area contributed by atoms with Crippen LogP contribution in [0, 0.1) is 5.82 Å². The van der Waals surface area contributed by atoms with Crippen molar-refractivity contribution in [1.29, 1.82) is 0 Å². The van der Waals surface area contributed by atoms with Crippen LogP contribution >= 0.6 is 0 Å². The Bertz CT molecular complexity index is 675. The zero-order chi connectivity index (χ0) is 12.5. The van der Waals surface area contributed by atoms with Gasteiger partial charge in [-0.25, -0.2) is 14.4 Å². The van der Waals surface area contributed by atoms with Gasteiger partial charge in [-0.3, -0.25) is 4.40 Å². The van der Waals surface area contributed by atoms with Crippen molar-refractivity contribution in [3.05, 3.63) is 48.7 Å². The monoisotopic (exact) mass is 243 g/mol. The topological polar surface area (TPSA) is 39.4 Å². The van der Waals surface area contributed by atoms with E-state index in [9.17, 15) is 4.39 Å². The van der Waals surface area contributed by atoms with Crippen LogP contribution in [0.3, 0.4) is 0 Å². The average Bonchev–Trinajstić information content (AvgIpc) is 2.83. The first-order valence-electron chi connectivity index (χ1n) is 5.41. The number of rotatable bonds is 2. The lowest BCUT2D eigenvalue weighted by atomic mass is 10.1. The van der Waals surface area contributed by atoms with E-state index in [1.54, 1.807) is 18.3 Å². The molecule has 18 heavy (non-hydrogen) atoms. The van der Waals surface area contributed by atoms with Crippen molar-refractivity contribution in [1.82, 2.24) is 14.4 Å². The SMILES string of the molecule is COc1cc(-c2cn3cccnc3n2)ccc1F. The molecule has 90 valence electrons. The quantitative estimate of drug-likeness (QED) is 0.694. The normalized spacial score (nSPS) is 10.8. The largest absolute Gasteiger partial charge is 0.494 e. The van der Waals surface area contributed by atoms with Crippen molar-refractivity contribution in [2.24, 2.45) is 0 Å². The van der Waals surface area contributed by atoms with Gasteiger partial charge in [-0.15, -0.1) is 0 Å². The summed E-state index contributed by atoms with van der Waals surface area (Å²) in [4.78, 5) is 8.50. The van der Waals surface area contributed by atoms with E-state index in [-0.39, 0.29) is 11.6 Å². The second-order valence-electron chi connectivity index (χ2n) is 3.80. The van der Waals surface area contributed by atoms with Crippen molar-refractivity contribution >= 4 is 5.78 Å². The van der Waals surface area contributed by atoms with Gasteiger partial charge < -0.3 is 4.74 Å². The van der Waals surface area contributed by atoms with Crippen molar-refractivity contribution in [2.45, 2.75) is 0 Å². The molecule has 3 rings (SSSR count). The summed E-state index contributed by atoms with van der Waals surface area (Å²) in [6.07, 6.45) is 5.38. The third-order valence-corrected chi connectivity index (χ3v) is 2.68. The molecular weight excluding hydrogens is 233 g/mol. The van der Waals surface area contributed by atoms with E-state index >= 15 is 0 Å². The molecule has 0 unspecified atom stereocenters. The Hall–Kier alpha value is -2.43. The Balaban J connectivity index is 2.13. The standard InChI is InChI=1S/C13H10FN3O/c1-18-12-7-9(3-4-10(12)14)11-8-17-6-2-5-15-13(17)16-11/h2-8H,1H3. The maximum Gasteiger partial charge on any atom is 0.234 e. The van der Waals surface area contributed by atoms with Crippen LogP contribution in [-0.2, 0) is 0 Å². The molecule has 3 aromatic rings.